The lowest BCUT2D eigenvalue weighted by atomic mass is 10.2. The number of carbonyl (C=O) groups excluding carboxylic acids is 1. The number of aryl methyl sites for hydroxylation is 1. The molecule has 0 saturated heterocycles. The third-order valence-electron chi connectivity index (χ3n) is 2.72. The van der Waals surface area contributed by atoms with Gasteiger partial charge in [-0.25, -0.2) is 4.98 Å². The Morgan fingerprint density at radius 2 is 1.95 bits per heavy atom. The lowest BCUT2D eigenvalue weighted by molar-refractivity contribution is -0.137. The first-order valence-corrected chi connectivity index (χ1v) is 5.84. The Bertz CT molecular complexity index is 668. The molecule has 0 radical (unpaired) electrons. The van der Waals surface area contributed by atoms with Crippen molar-refractivity contribution in [3.8, 4) is 0 Å². The van der Waals surface area contributed by atoms with E-state index in [4.69, 9.17) is 5.73 Å². The van der Waals surface area contributed by atoms with Crippen molar-refractivity contribution in [2.24, 2.45) is 0 Å². The Morgan fingerprint density at radius 3 is 2.48 bits per heavy atom. The minimum absolute atomic E-state index is 0.140. The normalized spacial score (nSPS) is 11.2. The van der Waals surface area contributed by atoms with E-state index >= 15 is 0 Å². The summed E-state index contributed by atoms with van der Waals surface area (Å²) < 4.78 is 37.2. The molecule has 0 aliphatic heterocycles. The van der Waals surface area contributed by atoms with Crippen molar-refractivity contribution >= 4 is 17.4 Å². The Labute approximate surface area is 118 Å². The fourth-order valence-electron chi connectivity index (χ4n) is 1.51. The quantitative estimate of drug-likeness (QED) is 0.892. The van der Waals surface area contributed by atoms with Crippen LogP contribution in [0.5, 0.6) is 0 Å². The second kappa shape index (κ2) is 5.39. The number of halogens is 3. The van der Waals surface area contributed by atoms with E-state index in [1.807, 2.05) is 0 Å². The minimum Gasteiger partial charge on any atom is -0.397 e. The molecule has 0 spiro atoms. The lowest BCUT2D eigenvalue weighted by Crippen LogP contribution is -2.16. The van der Waals surface area contributed by atoms with Gasteiger partial charge < -0.3 is 11.1 Å². The second-order valence-electron chi connectivity index (χ2n) is 4.31. The van der Waals surface area contributed by atoms with Gasteiger partial charge in [-0.2, -0.15) is 13.2 Å². The van der Waals surface area contributed by atoms with Crippen molar-refractivity contribution in [1.29, 1.82) is 0 Å². The molecule has 5 nitrogen and oxygen atoms in total. The number of hydrogen-bond donors (Lipinski definition) is 2. The molecule has 0 saturated carbocycles. The van der Waals surface area contributed by atoms with E-state index in [0.717, 1.165) is 17.7 Å². The van der Waals surface area contributed by atoms with Crippen LogP contribution in [-0.2, 0) is 6.18 Å². The molecule has 2 heterocycles. The predicted molar refractivity (Wildman–Crippen MR) is 70.6 cm³/mol. The smallest absolute Gasteiger partial charge is 0.397 e. The number of anilines is 2. The van der Waals surface area contributed by atoms with Gasteiger partial charge in [0.15, 0.2) is 0 Å². The van der Waals surface area contributed by atoms with Crippen LogP contribution in [0, 0.1) is 6.92 Å². The molecular formula is C13H11F3N4O. The zero-order valence-electron chi connectivity index (χ0n) is 10.9. The van der Waals surface area contributed by atoms with E-state index in [1.165, 1.54) is 6.20 Å². The zero-order chi connectivity index (χ0) is 15.6. The van der Waals surface area contributed by atoms with E-state index in [2.05, 4.69) is 15.3 Å². The van der Waals surface area contributed by atoms with E-state index in [-0.39, 0.29) is 11.5 Å². The van der Waals surface area contributed by atoms with Crippen LogP contribution in [0.15, 0.2) is 30.6 Å². The summed E-state index contributed by atoms with van der Waals surface area (Å²) in [5.41, 5.74) is 5.73. The Morgan fingerprint density at radius 1 is 1.24 bits per heavy atom. The fraction of sp³-hybridized carbons (Fsp3) is 0.154. The molecule has 0 aromatic carbocycles. The molecule has 110 valence electrons. The standard InChI is InChI=1S/C13H11F3N4O/c1-7-4-11(19-6-9(7)17)20-12(21)10-3-2-8(5-18-10)13(14,15)16/h2-6H,17H2,1H3,(H,19,20,21). The molecule has 0 bridgehead atoms. The van der Waals surface area contributed by atoms with Gasteiger partial charge in [0.1, 0.15) is 11.5 Å². The van der Waals surface area contributed by atoms with Gasteiger partial charge in [-0.05, 0) is 30.7 Å². The van der Waals surface area contributed by atoms with Crippen molar-refractivity contribution in [3.63, 3.8) is 0 Å². The SMILES string of the molecule is Cc1cc(NC(=O)c2ccc(C(F)(F)F)cn2)ncc1N. The molecule has 0 unspecified atom stereocenters. The maximum atomic E-state index is 12.4. The molecule has 2 aromatic heterocycles. The van der Waals surface area contributed by atoms with Crippen LogP contribution in [0.4, 0.5) is 24.7 Å². The van der Waals surface area contributed by atoms with Gasteiger partial charge in [0.25, 0.3) is 5.91 Å². The average Bonchev–Trinajstić information content (AvgIpc) is 2.42. The molecule has 1 amide bonds. The summed E-state index contributed by atoms with van der Waals surface area (Å²) in [4.78, 5) is 19.2. The molecule has 3 N–H and O–H groups in total. The number of nitrogens with zero attached hydrogens (tertiary/aromatic N) is 2. The summed E-state index contributed by atoms with van der Waals surface area (Å²) in [7, 11) is 0. The second-order valence-corrected chi connectivity index (χ2v) is 4.31. The number of nitrogens with one attached hydrogen (secondary N) is 1. The van der Waals surface area contributed by atoms with Crippen LogP contribution in [0.2, 0.25) is 0 Å². The average molecular weight is 296 g/mol. The largest absolute Gasteiger partial charge is 0.417 e. The predicted octanol–water partition coefficient (Wildman–Crippen LogP) is 2.64. The molecule has 2 rings (SSSR count). The molecule has 0 aliphatic carbocycles. The van der Waals surface area contributed by atoms with Gasteiger partial charge in [-0.15, -0.1) is 0 Å². The van der Waals surface area contributed by atoms with E-state index in [1.54, 1.807) is 13.0 Å². The highest BCUT2D eigenvalue weighted by Gasteiger charge is 2.30. The number of nitrogens with two attached hydrogens (primary N) is 1. The molecule has 0 atom stereocenters. The van der Waals surface area contributed by atoms with Crippen LogP contribution in [0.25, 0.3) is 0 Å². The van der Waals surface area contributed by atoms with Crippen LogP contribution in [-0.4, -0.2) is 15.9 Å². The number of carbonyl (C=O) groups is 1. The monoisotopic (exact) mass is 296 g/mol. The number of alkyl halides is 3. The first kappa shape index (κ1) is 14.8. The topological polar surface area (TPSA) is 80.9 Å². The van der Waals surface area contributed by atoms with E-state index < -0.39 is 17.6 Å². The number of amides is 1. The number of aromatic nitrogens is 2. The van der Waals surface area contributed by atoms with Gasteiger partial charge in [-0.1, -0.05) is 0 Å². The number of pyridine rings is 2. The third-order valence-corrected chi connectivity index (χ3v) is 2.72. The van der Waals surface area contributed by atoms with Crippen LogP contribution in [0.3, 0.4) is 0 Å². The van der Waals surface area contributed by atoms with Gasteiger partial charge in [0.2, 0.25) is 0 Å². The number of hydrogen-bond acceptors (Lipinski definition) is 4. The zero-order valence-corrected chi connectivity index (χ0v) is 10.9. The lowest BCUT2D eigenvalue weighted by Gasteiger charge is -2.08. The number of rotatable bonds is 2. The molecule has 21 heavy (non-hydrogen) atoms. The third kappa shape index (κ3) is 3.47. The van der Waals surface area contributed by atoms with Crippen molar-refractivity contribution in [2.75, 3.05) is 11.1 Å². The Hall–Kier alpha value is -2.64. The van der Waals surface area contributed by atoms with Crippen LogP contribution < -0.4 is 11.1 Å². The van der Waals surface area contributed by atoms with Crippen molar-refractivity contribution < 1.29 is 18.0 Å². The van der Waals surface area contributed by atoms with Gasteiger partial charge in [-0.3, -0.25) is 9.78 Å². The van der Waals surface area contributed by atoms with Crippen molar-refractivity contribution in [1.82, 2.24) is 9.97 Å². The molecule has 0 fully saturated rings. The summed E-state index contributed by atoms with van der Waals surface area (Å²) in [5.74, 6) is -0.409. The first-order chi connectivity index (χ1) is 9.77. The van der Waals surface area contributed by atoms with Crippen LogP contribution >= 0.6 is 0 Å². The highest BCUT2D eigenvalue weighted by molar-refractivity contribution is 6.02. The Kier molecular flexibility index (Phi) is 3.79. The molecular weight excluding hydrogens is 285 g/mol. The van der Waals surface area contributed by atoms with E-state index in [0.29, 0.717) is 11.9 Å². The Balaban J connectivity index is 2.15. The summed E-state index contributed by atoms with van der Waals surface area (Å²) >= 11 is 0. The molecule has 2 aromatic rings. The number of nitrogen functional groups attached to an aromatic ring is 1. The summed E-state index contributed by atoms with van der Waals surface area (Å²) in [6, 6.07) is 3.35. The van der Waals surface area contributed by atoms with Gasteiger partial charge in [0, 0.05) is 6.20 Å². The first-order valence-electron chi connectivity index (χ1n) is 5.84. The summed E-state index contributed by atoms with van der Waals surface area (Å²) in [6.45, 7) is 1.74. The molecule has 0 aliphatic rings. The van der Waals surface area contributed by atoms with Gasteiger partial charge in [0.05, 0.1) is 17.4 Å². The maximum absolute atomic E-state index is 12.4. The molecule has 8 heteroatoms. The van der Waals surface area contributed by atoms with Crippen LogP contribution in [0.1, 0.15) is 21.6 Å². The van der Waals surface area contributed by atoms with Gasteiger partial charge >= 0.3 is 6.18 Å². The highest BCUT2D eigenvalue weighted by Crippen LogP contribution is 2.28. The summed E-state index contributed by atoms with van der Waals surface area (Å²) in [6.07, 6.45) is -2.50. The summed E-state index contributed by atoms with van der Waals surface area (Å²) in [5, 5.41) is 2.44. The maximum Gasteiger partial charge on any atom is 0.417 e. The van der Waals surface area contributed by atoms with Crippen molar-refractivity contribution in [2.45, 2.75) is 13.1 Å². The van der Waals surface area contributed by atoms with E-state index in [9.17, 15) is 18.0 Å². The highest BCUT2D eigenvalue weighted by atomic mass is 19.4. The minimum atomic E-state index is -4.49. The fourth-order valence-corrected chi connectivity index (χ4v) is 1.51. The van der Waals surface area contributed by atoms with Crippen molar-refractivity contribution in [3.05, 3.63) is 47.4 Å².